The lowest BCUT2D eigenvalue weighted by atomic mass is 10.2. The molecule has 0 aliphatic carbocycles. The van der Waals surface area contributed by atoms with Crippen molar-refractivity contribution in [1.29, 1.82) is 0 Å². The third-order valence-corrected chi connectivity index (χ3v) is 2.78. The highest BCUT2D eigenvalue weighted by atomic mass is 16.6. The quantitative estimate of drug-likeness (QED) is 0.642. The molecule has 2 rings (SSSR count). The first-order valence-corrected chi connectivity index (χ1v) is 6.21. The third-order valence-electron chi connectivity index (χ3n) is 2.78. The van der Waals surface area contributed by atoms with Gasteiger partial charge in [-0.1, -0.05) is 12.1 Å². The van der Waals surface area contributed by atoms with Gasteiger partial charge in [-0.25, -0.2) is 0 Å². The Bertz CT molecular complexity index is 584. The number of para-hydroxylation sites is 1. The molecule has 0 unspecified atom stereocenters. The monoisotopic (exact) mass is 273 g/mol. The van der Waals surface area contributed by atoms with Gasteiger partial charge < -0.3 is 10.5 Å². The number of benzene rings is 1. The van der Waals surface area contributed by atoms with Crippen molar-refractivity contribution in [1.82, 2.24) is 4.98 Å². The number of nitrogens with two attached hydrogens (primary N) is 1. The predicted molar refractivity (Wildman–Crippen MR) is 74.4 cm³/mol. The highest BCUT2D eigenvalue weighted by Crippen LogP contribution is 2.20. The first-order chi connectivity index (χ1) is 9.70. The van der Waals surface area contributed by atoms with E-state index in [2.05, 4.69) is 4.98 Å². The first kappa shape index (κ1) is 14.0. The van der Waals surface area contributed by atoms with Crippen LogP contribution in [0, 0.1) is 10.1 Å². The van der Waals surface area contributed by atoms with Crippen LogP contribution >= 0.6 is 0 Å². The summed E-state index contributed by atoms with van der Waals surface area (Å²) >= 11 is 0. The van der Waals surface area contributed by atoms with Crippen LogP contribution in [-0.4, -0.2) is 16.5 Å². The van der Waals surface area contributed by atoms with Crippen LogP contribution in [-0.2, 0) is 13.0 Å². The average Bonchev–Trinajstić information content (AvgIpc) is 2.47. The van der Waals surface area contributed by atoms with Crippen LogP contribution < -0.4 is 10.5 Å². The number of rotatable bonds is 6. The standard InChI is InChI=1S/C14H15N3O3/c15-8-7-12-5-6-13(9-16-12)20-10-11-3-1-2-4-14(11)17(18)19/h1-6,9H,7-8,10,15H2. The summed E-state index contributed by atoms with van der Waals surface area (Å²) < 4.78 is 5.52. The van der Waals surface area contributed by atoms with Crippen molar-refractivity contribution in [3.8, 4) is 5.75 Å². The molecule has 104 valence electrons. The molecule has 0 saturated heterocycles. The fourth-order valence-electron chi connectivity index (χ4n) is 1.76. The Balaban J connectivity index is 2.03. The Labute approximate surface area is 116 Å². The maximum atomic E-state index is 10.9. The largest absolute Gasteiger partial charge is 0.487 e. The minimum Gasteiger partial charge on any atom is -0.487 e. The number of hydrogen-bond donors (Lipinski definition) is 1. The molecule has 0 spiro atoms. The van der Waals surface area contributed by atoms with Crippen LogP contribution in [0.15, 0.2) is 42.6 Å². The Hall–Kier alpha value is -2.47. The summed E-state index contributed by atoms with van der Waals surface area (Å²) in [5.74, 6) is 0.573. The van der Waals surface area contributed by atoms with Gasteiger partial charge in [0.25, 0.3) is 5.69 Å². The van der Waals surface area contributed by atoms with Crippen LogP contribution in [0.2, 0.25) is 0 Å². The molecule has 0 saturated carbocycles. The van der Waals surface area contributed by atoms with Crippen LogP contribution in [0.3, 0.4) is 0 Å². The van der Waals surface area contributed by atoms with Crippen molar-refractivity contribution in [2.75, 3.05) is 6.54 Å². The number of nitro groups is 1. The van der Waals surface area contributed by atoms with E-state index in [0.717, 1.165) is 5.69 Å². The number of hydrogen-bond acceptors (Lipinski definition) is 5. The van der Waals surface area contributed by atoms with E-state index >= 15 is 0 Å². The Morgan fingerprint density at radius 1 is 1.25 bits per heavy atom. The minimum absolute atomic E-state index is 0.0558. The highest BCUT2D eigenvalue weighted by molar-refractivity contribution is 5.39. The minimum atomic E-state index is -0.415. The highest BCUT2D eigenvalue weighted by Gasteiger charge is 2.12. The van der Waals surface area contributed by atoms with Gasteiger partial charge in [0, 0.05) is 18.2 Å². The molecule has 0 amide bonds. The summed E-state index contributed by atoms with van der Waals surface area (Å²) in [5.41, 5.74) is 6.92. The summed E-state index contributed by atoms with van der Waals surface area (Å²) in [4.78, 5) is 14.7. The lowest BCUT2D eigenvalue weighted by Gasteiger charge is -2.07. The number of ether oxygens (including phenoxy) is 1. The Kier molecular flexibility index (Phi) is 4.62. The van der Waals surface area contributed by atoms with Crippen molar-refractivity contribution >= 4 is 5.69 Å². The van der Waals surface area contributed by atoms with Crippen LogP contribution in [0.4, 0.5) is 5.69 Å². The number of nitro benzene ring substituents is 1. The fourth-order valence-corrected chi connectivity index (χ4v) is 1.76. The molecule has 1 aromatic carbocycles. The van der Waals surface area contributed by atoms with E-state index in [0.29, 0.717) is 24.3 Å². The van der Waals surface area contributed by atoms with Crippen molar-refractivity contribution in [3.05, 3.63) is 64.0 Å². The van der Waals surface area contributed by atoms with Gasteiger partial charge in [-0.05, 0) is 24.7 Å². The van der Waals surface area contributed by atoms with E-state index in [1.54, 1.807) is 30.5 Å². The molecule has 1 heterocycles. The average molecular weight is 273 g/mol. The molecule has 1 aromatic heterocycles. The Morgan fingerprint density at radius 3 is 2.70 bits per heavy atom. The van der Waals surface area contributed by atoms with Crippen LogP contribution in [0.1, 0.15) is 11.3 Å². The van der Waals surface area contributed by atoms with Crippen molar-refractivity contribution < 1.29 is 9.66 Å². The van der Waals surface area contributed by atoms with Gasteiger partial charge in [-0.2, -0.15) is 0 Å². The maximum Gasteiger partial charge on any atom is 0.276 e. The number of nitrogens with zero attached hydrogens (tertiary/aromatic N) is 2. The van der Waals surface area contributed by atoms with Crippen LogP contribution in [0.5, 0.6) is 5.75 Å². The molecule has 0 fully saturated rings. The second kappa shape index (κ2) is 6.63. The molecule has 6 heteroatoms. The zero-order valence-corrected chi connectivity index (χ0v) is 10.9. The number of aromatic nitrogens is 1. The number of pyridine rings is 1. The molecule has 0 aliphatic rings. The van der Waals surface area contributed by atoms with E-state index < -0.39 is 4.92 Å². The normalized spacial score (nSPS) is 10.2. The maximum absolute atomic E-state index is 10.9. The lowest BCUT2D eigenvalue weighted by molar-refractivity contribution is -0.385. The summed E-state index contributed by atoms with van der Waals surface area (Å²) in [7, 11) is 0. The van der Waals surface area contributed by atoms with Gasteiger partial charge in [0.15, 0.2) is 0 Å². The summed E-state index contributed by atoms with van der Waals surface area (Å²) in [6, 6.07) is 10.1. The predicted octanol–water partition coefficient (Wildman–Crippen LogP) is 2.07. The second-order valence-electron chi connectivity index (χ2n) is 4.20. The van der Waals surface area contributed by atoms with Gasteiger partial charge >= 0.3 is 0 Å². The third kappa shape index (κ3) is 3.52. The molecule has 0 bridgehead atoms. The molecular formula is C14H15N3O3. The van der Waals surface area contributed by atoms with Gasteiger partial charge in [-0.15, -0.1) is 0 Å². The van der Waals surface area contributed by atoms with E-state index in [-0.39, 0.29) is 12.3 Å². The van der Waals surface area contributed by atoms with E-state index in [4.69, 9.17) is 10.5 Å². The van der Waals surface area contributed by atoms with Crippen LogP contribution in [0.25, 0.3) is 0 Å². The summed E-state index contributed by atoms with van der Waals surface area (Å²) in [6.45, 7) is 0.679. The topological polar surface area (TPSA) is 91.3 Å². The molecule has 0 aliphatic heterocycles. The van der Waals surface area contributed by atoms with E-state index in [1.807, 2.05) is 6.07 Å². The summed E-state index contributed by atoms with van der Waals surface area (Å²) in [6.07, 6.45) is 2.31. The zero-order valence-electron chi connectivity index (χ0n) is 10.9. The van der Waals surface area contributed by atoms with E-state index in [9.17, 15) is 10.1 Å². The van der Waals surface area contributed by atoms with E-state index in [1.165, 1.54) is 6.07 Å². The molecule has 2 aromatic rings. The molecule has 2 N–H and O–H groups in total. The molecule has 0 radical (unpaired) electrons. The van der Waals surface area contributed by atoms with Gasteiger partial charge in [0.05, 0.1) is 16.7 Å². The SMILES string of the molecule is NCCc1ccc(OCc2ccccc2[N+](=O)[O-])cn1. The van der Waals surface area contributed by atoms with Crippen molar-refractivity contribution in [2.24, 2.45) is 5.73 Å². The smallest absolute Gasteiger partial charge is 0.276 e. The molecule has 0 atom stereocenters. The molecular weight excluding hydrogens is 258 g/mol. The van der Waals surface area contributed by atoms with Gasteiger partial charge in [0.2, 0.25) is 0 Å². The van der Waals surface area contributed by atoms with Crippen molar-refractivity contribution in [2.45, 2.75) is 13.0 Å². The Morgan fingerprint density at radius 2 is 2.05 bits per heavy atom. The van der Waals surface area contributed by atoms with Crippen molar-refractivity contribution in [3.63, 3.8) is 0 Å². The van der Waals surface area contributed by atoms with Gasteiger partial charge in [0.1, 0.15) is 12.4 Å². The fraction of sp³-hybridized carbons (Fsp3) is 0.214. The second-order valence-corrected chi connectivity index (χ2v) is 4.20. The van der Waals surface area contributed by atoms with Gasteiger partial charge in [-0.3, -0.25) is 15.1 Å². The lowest BCUT2D eigenvalue weighted by Crippen LogP contribution is -2.04. The molecule has 20 heavy (non-hydrogen) atoms. The first-order valence-electron chi connectivity index (χ1n) is 6.21. The summed E-state index contributed by atoms with van der Waals surface area (Å²) in [5, 5.41) is 10.9. The molecule has 6 nitrogen and oxygen atoms in total. The zero-order chi connectivity index (χ0) is 14.4.